The number of aryl methyl sites for hydroxylation is 2. The van der Waals surface area contributed by atoms with Gasteiger partial charge < -0.3 is 16.0 Å². The van der Waals surface area contributed by atoms with Crippen LogP contribution < -0.4 is 16.0 Å². The van der Waals surface area contributed by atoms with E-state index < -0.39 is 0 Å². The molecule has 3 rings (SSSR count). The highest BCUT2D eigenvalue weighted by Crippen LogP contribution is 2.31. The first-order chi connectivity index (χ1) is 15.5. The molecule has 0 saturated heterocycles. The number of benzene rings is 1. The Hall–Kier alpha value is -3.19. The first kappa shape index (κ1) is 23.5. The van der Waals surface area contributed by atoms with Gasteiger partial charge in [0.25, 0.3) is 0 Å². The molecule has 0 bridgehead atoms. The van der Waals surface area contributed by atoms with E-state index in [0.717, 1.165) is 59.8 Å². The first-order valence-electron chi connectivity index (χ1n) is 11.3. The minimum absolute atomic E-state index is 0.0716. The van der Waals surface area contributed by atoms with Crippen LogP contribution in [0.5, 0.6) is 0 Å². The zero-order valence-electron chi connectivity index (χ0n) is 19.8. The van der Waals surface area contributed by atoms with Crippen molar-refractivity contribution >= 4 is 17.3 Å². The van der Waals surface area contributed by atoms with Crippen LogP contribution in [0, 0.1) is 0 Å². The second-order valence-corrected chi connectivity index (χ2v) is 7.83. The van der Waals surface area contributed by atoms with Gasteiger partial charge >= 0.3 is 0 Å². The van der Waals surface area contributed by atoms with Crippen LogP contribution in [0.1, 0.15) is 54.4 Å². The molecular weight excluding hydrogens is 400 g/mol. The molecule has 0 unspecified atom stereocenters. The predicted octanol–water partition coefficient (Wildman–Crippen LogP) is 4.01. The molecule has 2 aromatic heterocycles. The van der Waals surface area contributed by atoms with Crippen molar-refractivity contribution in [1.82, 2.24) is 14.8 Å². The third-order valence-electron chi connectivity index (χ3n) is 5.77. The summed E-state index contributed by atoms with van der Waals surface area (Å²) in [6.07, 6.45) is 3.65. The number of rotatable bonds is 10. The van der Waals surface area contributed by atoms with E-state index in [4.69, 9.17) is 10.7 Å². The number of hydrogen-bond donors (Lipinski definition) is 2. The lowest BCUT2D eigenvalue weighted by atomic mass is 9.93. The zero-order chi connectivity index (χ0) is 23.3. The van der Waals surface area contributed by atoms with E-state index in [1.54, 1.807) is 10.9 Å². The van der Waals surface area contributed by atoms with Crippen LogP contribution in [-0.2, 0) is 20.0 Å². The summed E-state index contributed by atoms with van der Waals surface area (Å²) in [4.78, 5) is 20.6. The average Bonchev–Trinajstić information content (AvgIpc) is 3.20. The van der Waals surface area contributed by atoms with E-state index in [1.165, 1.54) is 0 Å². The van der Waals surface area contributed by atoms with E-state index in [1.807, 2.05) is 38.4 Å². The number of carbonyl (C=O) groups is 1. The lowest BCUT2D eigenvalue weighted by Crippen LogP contribution is -2.22. The van der Waals surface area contributed by atoms with Crippen molar-refractivity contribution < 1.29 is 4.79 Å². The molecule has 7 heteroatoms. The third-order valence-corrected chi connectivity index (χ3v) is 5.77. The van der Waals surface area contributed by atoms with Crippen LogP contribution in [0.4, 0.5) is 11.5 Å². The molecule has 0 aliphatic carbocycles. The molecule has 0 aliphatic rings. The van der Waals surface area contributed by atoms with Gasteiger partial charge in [0, 0.05) is 62.8 Å². The van der Waals surface area contributed by atoms with Gasteiger partial charge in [-0.15, -0.1) is 0 Å². The van der Waals surface area contributed by atoms with Gasteiger partial charge in [-0.25, -0.2) is 0 Å². The molecule has 0 fully saturated rings. The monoisotopic (exact) mass is 434 g/mol. The Kier molecular flexibility index (Phi) is 7.64. The zero-order valence-corrected chi connectivity index (χ0v) is 19.8. The molecule has 1 aromatic carbocycles. The Morgan fingerprint density at radius 3 is 2.53 bits per heavy atom. The molecule has 3 N–H and O–H groups in total. The summed E-state index contributed by atoms with van der Waals surface area (Å²) in [5.41, 5.74) is 11.6. The minimum Gasteiger partial charge on any atom is -0.388 e. The van der Waals surface area contributed by atoms with Crippen molar-refractivity contribution in [3.05, 3.63) is 58.9 Å². The Morgan fingerprint density at radius 1 is 1.16 bits per heavy atom. The van der Waals surface area contributed by atoms with Crippen LogP contribution >= 0.6 is 0 Å². The molecule has 32 heavy (non-hydrogen) atoms. The molecular formula is C25H34N6O. The molecule has 0 atom stereocenters. The number of hydrogen-bond acceptors (Lipinski definition) is 6. The fourth-order valence-electron chi connectivity index (χ4n) is 3.97. The summed E-state index contributed by atoms with van der Waals surface area (Å²) >= 11 is 0. The quantitative estimate of drug-likeness (QED) is 0.469. The van der Waals surface area contributed by atoms with Crippen molar-refractivity contribution in [3.63, 3.8) is 0 Å². The highest BCUT2D eigenvalue weighted by atomic mass is 16.1. The molecule has 7 nitrogen and oxygen atoms in total. The highest BCUT2D eigenvalue weighted by Gasteiger charge is 2.23. The average molecular weight is 435 g/mol. The number of aromatic nitrogens is 3. The normalized spacial score (nSPS) is 10.9. The molecule has 0 amide bonds. The Balaban J connectivity index is 2.15. The summed E-state index contributed by atoms with van der Waals surface area (Å²) in [6.45, 7) is 8.41. The predicted molar refractivity (Wildman–Crippen MR) is 131 cm³/mol. The topological polar surface area (TPSA) is 89.1 Å². The van der Waals surface area contributed by atoms with Crippen molar-refractivity contribution in [2.75, 3.05) is 30.4 Å². The van der Waals surface area contributed by atoms with Gasteiger partial charge in [-0.3, -0.25) is 14.5 Å². The van der Waals surface area contributed by atoms with Gasteiger partial charge in [-0.1, -0.05) is 25.5 Å². The van der Waals surface area contributed by atoms with Crippen LogP contribution in [-0.4, -0.2) is 40.7 Å². The SMILES string of the molecule is CCCc1cc(CN)cnc1-c1ccc(NC)cc1C(=O)c1cc(N(CC)CC)nn1C. The van der Waals surface area contributed by atoms with Crippen molar-refractivity contribution in [3.8, 4) is 11.3 Å². The summed E-state index contributed by atoms with van der Waals surface area (Å²) in [5.74, 6) is 0.738. The van der Waals surface area contributed by atoms with Gasteiger partial charge in [0.15, 0.2) is 5.82 Å². The smallest absolute Gasteiger partial charge is 0.211 e. The van der Waals surface area contributed by atoms with Gasteiger partial charge in [0.05, 0.1) is 5.69 Å². The molecule has 3 aromatic rings. The second-order valence-electron chi connectivity index (χ2n) is 7.83. The highest BCUT2D eigenvalue weighted by molar-refractivity contribution is 6.12. The first-order valence-corrected chi connectivity index (χ1v) is 11.3. The van der Waals surface area contributed by atoms with Gasteiger partial charge in [0.1, 0.15) is 5.69 Å². The number of nitrogens with zero attached hydrogens (tertiary/aromatic N) is 4. The number of anilines is 2. The lowest BCUT2D eigenvalue weighted by molar-refractivity contribution is 0.103. The summed E-state index contributed by atoms with van der Waals surface area (Å²) in [7, 11) is 3.67. The second kappa shape index (κ2) is 10.4. The molecule has 2 heterocycles. The fraction of sp³-hybridized carbons (Fsp3) is 0.400. The number of pyridine rings is 1. The van der Waals surface area contributed by atoms with Crippen molar-refractivity contribution in [2.45, 2.75) is 40.2 Å². The maximum Gasteiger partial charge on any atom is 0.211 e. The van der Waals surface area contributed by atoms with E-state index in [-0.39, 0.29) is 5.78 Å². The maximum atomic E-state index is 13.8. The van der Waals surface area contributed by atoms with E-state index in [2.05, 4.69) is 42.2 Å². The number of nitrogens with two attached hydrogens (primary N) is 1. The number of nitrogens with one attached hydrogen (secondary N) is 1. The molecule has 0 spiro atoms. The van der Waals surface area contributed by atoms with Crippen LogP contribution in [0.3, 0.4) is 0 Å². The molecule has 170 valence electrons. The lowest BCUT2D eigenvalue weighted by Gasteiger charge is -2.16. The summed E-state index contributed by atoms with van der Waals surface area (Å²) in [6, 6.07) is 9.84. The molecule has 0 radical (unpaired) electrons. The standard InChI is InChI=1S/C25H34N6O/c1-6-9-18-12-17(15-26)16-28-24(18)20-11-10-19(27-4)13-21(20)25(32)22-14-23(29-30(22)5)31(7-2)8-3/h10-14,16,27H,6-9,15,26H2,1-5H3. The van der Waals surface area contributed by atoms with Crippen molar-refractivity contribution in [1.29, 1.82) is 0 Å². The van der Waals surface area contributed by atoms with Crippen molar-refractivity contribution in [2.24, 2.45) is 12.8 Å². The van der Waals surface area contributed by atoms with E-state index in [0.29, 0.717) is 17.8 Å². The number of ketones is 1. The summed E-state index contributed by atoms with van der Waals surface area (Å²) < 4.78 is 1.67. The molecule has 0 aliphatic heterocycles. The van der Waals surface area contributed by atoms with Gasteiger partial charge in [0.2, 0.25) is 5.78 Å². The van der Waals surface area contributed by atoms with Gasteiger partial charge in [-0.2, -0.15) is 5.10 Å². The third kappa shape index (κ3) is 4.67. The Morgan fingerprint density at radius 2 is 1.91 bits per heavy atom. The molecule has 0 saturated carbocycles. The van der Waals surface area contributed by atoms with Crippen LogP contribution in [0.25, 0.3) is 11.3 Å². The minimum atomic E-state index is -0.0716. The largest absolute Gasteiger partial charge is 0.388 e. The summed E-state index contributed by atoms with van der Waals surface area (Å²) in [5, 5.41) is 7.74. The Bertz CT molecular complexity index is 1080. The fourth-order valence-corrected chi connectivity index (χ4v) is 3.97. The Labute approximate surface area is 190 Å². The van der Waals surface area contributed by atoms with Crippen LogP contribution in [0.15, 0.2) is 36.5 Å². The van der Waals surface area contributed by atoms with E-state index >= 15 is 0 Å². The van der Waals surface area contributed by atoms with E-state index in [9.17, 15) is 4.79 Å². The maximum absolute atomic E-state index is 13.8. The number of carbonyl (C=O) groups excluding carboxylic acids is 1. The van der Waals surface area contributed by atoms with Gasteiger partial charge in [-0.05, 0) is 43.5 Å². The van der Waals surface area contributed by atoms with Crippen LogP contribution in [0.2, 0.25) is 0 Å².